The standard InChI is InChI=1S/C33H28ClFN6O4S2/c1-44-27-13-6-11-23(31(27)45-2)26-17-25(28-14-7-15-46-28)39-41(26)30(42)19-47-33-38-37-29(40(33)21-9-5-8-20(34)16-21)18-36-32(43)22-10-3-4-12-24(22)35/h3-16,26H,17-19H2,1-2H3,(H,36,43)/t26-/m0/s1. The van der Waals surface area contributed by atoms with Crippen LogP contribution in [0.4, 0.5) is 4.39 Å². The number of amides is 2. The summed E-state index contributed by atoms with van der Waals surface area (Å²) < 4.78 is 27.2. The van der Waals surface area contributed by atoms with E-state index >= 15 is 0 Å². The number of methoxy groups -OCH3 is 2. The number of nitrogens with one attached hydrogen (secondary N) is 1. The molecule has 10 nitrogen and oxygen atoms in total. The summed E-state index contributed by atoms with van der Waals surface area (Å²) in [6, 6.07) is 21.8. The zero-order valence-electron chi connectivity index (χ0n) is 25.2. The van der Waals surface area contributed by atoms with Crippen molar-refractivity contribution in [1.29, 1.82) is 0 Å². The molecule has 47 heavy (non-hydrogen) atoms. The zero-order valence-corrected chi connectivity index (χ0v) is 27.6. The maximum Gasteiger partial charge on any atom is 0.254 e. The van der Waals surface area contributed by atoms with Crippen LogP contribution in [0.5, 0.6) is 11.5 Å². The molecule has 2 amide bonds. The molecule has 1 aliphatic heterocycles. The molecule has 1 atom stereocenters. The van der Waals surface area contributed by atoms with Crippen molar-refractivity contribution in [3.63, 3.8) is 0 Å². The van der Waals surface area contributed by atoms with Crippen molar-refractivity contribution in [2.24, 2.45) is 5.10 Å². The molecule has 0 spiro atoms. The molecule has 1 aliphatic rings. The monoisotopic (exact) mass is 690 g/mol. The topological polar surface area (TPSA) is 111 Å². The quantitative estimate of drug-likeness (QED) is 0.157. The summed E-state index contributed by atoms with van der Waals surface area (Å²) in [5, 5.41) is 20.5. The lowest BCUT2D eigenvalue weighted by Gasteiger charge is -2.24. The second kappa shape index (κ2) is 14.4. The highest BCUT2D eigenvalue weighted by Gasteiger charge is 2.36. The lowest BCUT2D eigenvalue weighted by molar-refractivity contribution is -0.130. The summed E-state index contributed by atoms with van der Waals surface area (Å²) >= 11 is 9.04. The Labute approximate surface area is 283 Å². The molecule has 0 unspecified atom stereocenters. The highest BCUT2D eigenvalue weighted by molar-refractivity contribution is 7.99. The first-order valence-corrected chi connectivity index (χ1v) is 16.6. The number of thiophene rings is 1. The Morgan fingerprint density at radius 3 is 2.62 bits per heavy atom. The maximum absolute atomic E-state index is 14.2. The number of benzene rings is 3. The molecule has 3 heterocycles. The predicted molar refractivity (Wildman–Crippen MR) is 179 cm³/mol. The molecule has 2 aromatic heterocycles. The fourth-order valence-corrected chi connectivity index (χ4v) is 6.95. The number of aromatic nitrogens is 3. The van der Waals surface area contributed by atoms with Gasteiger partial charge in [-0.05, 0) is 47.8 Å². The number of carbonyl (C=O) groups is 2. The van der Waals surface area contributed by atoms with Crippen LogP contribution in [0.3, 0.4) is 0 Å². The summed E-state index contributed by atoms with van der Waals surface area (Å²) in [6.07, 6.45) is 0.491. The van der Waals surface area contributed by atoms with Gasteiger partial charge in [0.25, 0.3) is 11.8 Å². The average molecular weight is 691 g/mol. The molecule has 0 saturated heterocycles. The Balaban J connectivity index is 1.27. The zero-order chi connectivity index (χ0) is 32.9. The van der Waals surface area contributed by atoms with Gasteiger partial charge < -0.3 is 14.8 Å². The Morgan fingerprint density at radius 2 is 1.87 bits per heavy atom. The number of thioether (sulfide) groups is 1. The van der Waals surface area contributed by atoms with Crippen LogP contribution in [-0.4, -0.2) is 57.3 Å². The Morgan fingerprint density at radius 1 is 1.04 bits per heavy atom. The molecule has 1 N–H and O–H groups in total. The summed E-state index contributed by atoms with van der Waals surface area (Å²) in [4.78, 5) is 27.7. The summed E-state index contributed by atoms with van der Waals surface area (Å²) in [6.45, 7) is -0.0561. The second-order valence-corrected chi connectivity index (χ2v) is 12.6. The van der Waals surface area contributed by atoms with Crippen LogP contribution < -0.4 is 14.8 Å². The third-order valence-electron chi connectivity index (χ3n) is 7.38. The molecule has 0 aliphatic carbocycles. The predicted octanol–water partition coefficient (Wildman–Crippen LogP) is 6.54. The third-order valence-corrected chi connectivity index (χ3v) is 9.45. The van der Waals surface area contributed by atoms with Gasteiger partial charge in [0.15, 0.2) is 22.5 Å². The van der Waals surface area contributed by atoms with E-state index in [0.717, 1.165) is 16.2 Å². The first-order chi connectivity index (χ1) is 22.9. The Hall–Kier alpha value is -4.72. The average Bonchev–Trinajstić information content (AvgIpc) is 3.86. The van der Waals surface area contributed by atoms with Gasteiger partial charge in [0.2, 0.25) is 0 Å². The number of halogens is 2. The fraction of sp³-hybridized carbons (Fsp3) is 0.182. The van der Waals surface area contributed by atoms with Gasteiger partial charge in [0.05, 0.1) is 54.4 Å². The largest absolute Gasteiger partial charge is 0.493 e. The third kappa shape index (κ3) is 6.87. The first kappa shape index (κ1) is 32.2. The van der Waals surface area contributed by atoms with Crippen LogP contribution in [-0.2, 0) is 11.3 Å². The van der Waals surface area contributed by atoms with E-state index in [1.165, 1.54) is 35.0 Å². The van der Waals surface area contributed by atoms with E-state index in [4.69, 9.17) is 26.2 Å². The lowest BCUT2D eigenvalue weighted by atomic mass is 9.99. The van der Waals surface area contributed by atoms with Crippen LogP contribution in [0, 0.1) is 5.82 Å². The number of carbonyl (C=O) groups excluding carboxylic acids is 2. The van der Waals surface area contributed by atoms with Gasteiger partial charge in [0, 0.05) is 17.0 Å². The highest BCUT2D eigenvalue weighted by Crippen LogP contribution is 2.42. The number of rotatable bonds is 11. The SMILES string of the molecule is COc1cccc([C@@H]2CC(c3cccs3)=NN2C(=O)CSc2nnc(CNC(=O)c3ccccc3F)n2-c2cccc(Cl)c2)c1OC. The summed E-state index contributed by atoms with van der Waals surface area (Å²) in [5.74, 6) is -0.0501. The van der Waals surface area contributed by atoms with Gasteiger partial charge in [-0.1, -0.05) is 59.8 Å². The molecule has 0 fully saturated rings. The van der Waals surface area contributed by atoms with Crippen LogP contribution in [0.1, 0.15) is 39.1 Å². The van der Waals surface area contributed by atoms with E-state index in [9.17, 15) is 14.0 Å². The molecule has 6 rings (SSSR count). The number of nitrogens with zero attached hydrogens (tertiary/aromatic N) is 5. The Kier molecular flexibility index (Phi) is 9.85. The van der Waals surface area contributed by atoms with E-state index < -0.39 is 17.8 Å². The summed E-state index contributed by atoms with van der Waals surface area (Å²) in [7, 11) is 3.14. The first-order valence-electron chi connectivity index (χ1n) is 14.4. The van der Waals surface area contributed by atoms with E-state index in [1.54, 1.807) is 60.5 Å². The minimum absolute atomic E-state index is 0.0235. The van der Waals surface area contributed by atoms with Crippen LogP contribution >= 0.6 is 34.7 Å². The molecular weight excluding hydrogens is 663 g/mol. The number of ether oxygens (including phenoxy) is 2. The van der Waals surface area contributed by atoms with Crippen molar-refractivity contribution < 1.29 is 23.5 Å². The normalized spacial score (nSPS) is 14.2. The van der Waals surface area contributed by atoms with Crippen LogP contribution in [0.2, 0.25) is 5.02 Å². The van der Waals surface area contributed by atoms with Gasteiger partial charge in [-0.2, -0.15) is 5.10 Å². The molecule has 240 valence electrons. The van der Waals surface area contributed by atoms with Gasteiger partial charge in [-0.25, -0.2) is 9.40 Å². The molecule has 0 radical (unpaired) electrons. The van der Waals surface area contributed by atoms with Crippen molar-refractivity contribution in [2.75, 3.05) is 20.0 Å². The summed E-state index contributed by atoms with van der Waals surface area (Å²) in [5.41, 5.74) is 2.11. The Bertz CT molecular complexity index is 1950. The number of hydrogen-bond acceptors (Lipinski definition) is 9. The van der Waals surface area contributed by atoms with Gasteiger partial charge in [0.1, 0.15) is 5.82 Å². The minimum Gasteiger partial charge on any atom is -0.493 e. The minimum atomic E-state index is -0.632. The smallest absolute Gasteiger partial charge is 0.254 e. The molecule has 5 aromatic rings. The number of hydrazone groups is 1. The van der Waals surface area contributed by atoms with Gasteiger partial charge >= 0.3 is 0 Å². The number of hydrogen-bond donors (Lipinski definition) is 1. The van der Waals surface area contributed by atoms with E-state index in [0.29, 0.717) is 39.6 Å². The molecule has 14 heteroatoms. The van der Waals surface area contributed by atoms with E-state index in [1.807, 2.05) is 35.7 Å². The fourth-order valence-electron chi connectivity index (χ4n) is 5.22. The van der Waals surface area contributed by atoms with Crippen LogP contribution in [0.15, 0.2) is 94.5 Å². The van der Waals surface area contributed by atoms with E-state index in [2.05, 4.69) is 15.5 Å². The molecule has 0 saturated carbocycles. The molecule has 3 aromatic carbocycles. The second-order valence-electron chi connectivity index (χ2n) is 10.2. The van der Waals surface area contributed by atoms with E-state index in [-0.39, 0.29) is 23.8 Å². The highest BCUT2D eigenvalue weighted by atomic mass is 35.5. The van der Waals surface area contributed by atoms with Crippen molar-refractivity contribution in [1.82, 2.24) is 25.1 Å². The van der Waals surface area contributed by atoms with Gasteiger partial charge in [-0.3, -0.25) is 14.2 Å². The number of para-hydroxylation sites is 1. The lowest BCUT2D eigenvalue weighted by Crippen LogP contribution is -2.29. The van der Waals surface area contributed by atoms with Crippen molar-refractivity contribution >= 4 is 52.2 Å². The molecule has 0 bridgehead atoms. The maximum atomic E-state index is 14.2. The molecular formula is C33H28ClFN6O4S2. The van der Waals surface area contributed by atoms with Crippen molar-refractivity contribution in [3.05, 3.63) is 117 Å². The van der Waals surface area contributed by atoms with Crippen molar-refractivity contribution in [2.45, 2.75) is 24.2 Å². The van der Waals surface area contributed by atoms with Crippen LogP contribution in [0.25, 0.3) is 5.69 Å². The van der Waals surface area contributed by atoms with Gasteiger partial charge in [-0.15, -0.1) is 21.5 Å². The van der Waals surface area contributed by atoms with Crippen molar-refractivity contribution in [3.8, 4) is 17.2 Å².